The van der Waals surface area contributed by atoms with Crippen LogP contribution in [0.2, 0.25) is 0 Å². The highest BCUT2D eigenvalue weighted by atomic mass is 16.5. The van der Waals surface area contributed by atoms with Gasteiger partial charge in [-0.1, -0.05) is 30.3 Å². The van der Waals surface area contributed by atoms with Gasteiger partial charge in [-0.2, -0.15) is 0 Å². The maximum Gasteiger partial charge on any atom is 0.316 e. The number of ether oxygens (including phenoxy) is 1. The lowest BCUT2D eigenvalue weighted by atomic mass is 9.90. The molecule has 4 nitrogen and oxygen atoms in total. The van der Waals surface area contributed by atoms with Gasteiger partial charge in [-0.3, -0.25) is 4.79 Å². The molecule has 1 aromatic carbocycles. The zero-order valence-electron chi connectivity index (χ0n) is 9.95. The number of methoxy groups -OCH3 is 1. The maximum absolute atomic E-state index is 11.8. The molecule has 4 heteroatoms. The number of benzene rings is 1. The van der Waals surface area contributed by atoms with Crippen molar-refractivity contribution in [3.05, 3.63) is 60.1 Å². The lowest BCUT2D eigenvalue weighted by molar-refractivity contribution is -0.145. The van der Waals surface area contributed by atoms with E-state index in [-0.39, 0.29) is 0 Å². The van der Waals surface area contributed by atoms with E-state index in [1.54, 1.807) is 18.2 Å². The van der Waals surface area contributed by atoms with Crippen LogP contribution in [0.15, 0.2) is 53.3 Å². The summed E-state index contributed by atoms with van der Waals surface area (Å²) < 4.78 is 9.68. The van der Waals surface area contributed by atoms with Gasteiger partial charge in [0.05, 0.1) is 25.7 Å². The molecule has 0 fully saturated rings. The molecule has 1 heterocycles. The highest BCUT2D eigenvalue weighted by molar-refractivity contribution is 5.79. The van der Waals surface area contributed by atoms with Gasteiger partial charge >= 0.3 is 5.97 Å². The third kappa shape index (κ3) is 2.43. The molecule has 0 aliphatic heterocycles. The van der Waals surface area contributed by atoms with Crippen LogP contribution in [-0.2, 0) is 9.53 Å². The molecule has 94 valence electrons. The zero-order valence-corrected chi connectivity index (χ0v) is 9.95. The van der Waals surface area contributed by atoms with Gasteiger partial charge in [-0.15, -0.1) is 0 Å². The molecule has 2 aromatic rings. The average molecular weight is 246 g/mol. The van der Waals surface area contributed by atoms with E-state index in [1.165, 1.54) is 19.6 Å². The van der Waals surface area contributed by atoms with Crippen molar-refractivity contribution in [1.29, 1.82) is 0 Å². The molecule has 0 spiro atoms. The van der Waals surface area contributed by atoms with Gasteiger partial charge in [0.15, 0.2) is 0 Å². The summed E-state index contributed by atoms with van der Waals surface area (Å²) in [7, 11) is 1.31. The number of rotatable bonds is 4. The first kappa shape index (κ1) is 12.4. The van der Waals surface area contributed by atoms with Crippen LogP contribution >= 0.6 is 0 Å². The molecular formula is C14H14O4. The second-order valence-electron chi connectivity index (χ2n) is 3.91. The minimum absolute atomic E-state index is 0.477. The topological polar surface area (TPSA) is 59.7 Å². The number of aliphatic hydroxyl groups is 1. The van der Waals surface area contributed by atoms with Gasteiger partial charge in [0.25, 0.3) is 0 Å². The number of esters is 1. The van der Waals surface area contributed by atoms with Crippen molar-refractivity contribution >= 4 is 5.97 Å². The van der Waals surface area contributed by atoms with E-state index >= 15 is 0 Å². The van der Waals surface area contributed by atoms with Gasteiger partial charge in [0.2, 0.25) is 0 Å². The fraction of sp³-hybridized carbons (Fsp3) is 0.214. The average Bonchev–Trinajstić information content (AvgIpc) is 2.94. The molecule has 0 aliphatic carbocycles. The summed E-state index contributed by atoms with van der Waals surface area (Å²) in [5.41, 5.74) is 1.26. The molecule has 0 saturated heterocycles. The highest BCUT2D eigenvalue weighted by Gasteiger charge is 2.31. The van der Waals surface area contributed by atoms with E-state index in [9.17, 15) is 9.90 Å². The summed E-state index contributed by atoms with van der Waals surface area (Å²) in [6.07, 6.45) is 1.89. The van der Waals surface area contributed by atoms with Gasteiger partial charge in [-0.05, 0) is 11.6 Å². The quantitative estimate of drug-likeness (QED) is 0.841. The smallest absolute Gasteiger partial charge is 0.316 e. The van der Waals surface area contributed by atoms with E-state index in [0.717, 1.165) is 0 Å². The monoisotopic (exact) mass is 246 g/mol. The Balaban J connectivity index is 2.35. The molecule has 18 heavy (non-hydrogen) atoms. The number of hydrogen-bond acceptors (Lipinski definition) is 4. The van der Waals surface area contributed by atoms with Crippen LogP contribution in [0.5, 0.6) is 0 Å². The third-order valence-electron chi connectivity index (χ3n) is 2.81. The maximum atomic E-state index is 11.8. The van der Waals surface area contributed by atoms with Crippen molar-refractivity contribution in [3.8, 4) is 0 Å². The minimum Gasteiger partial charge on any atom is -0.472 e. The lowest BCUT2D eigenvalue weighted by Gasteiger charge is -2.20. The van der Waals surface area contributed by atoms with Crippen molar-refractivity contribution in [3.63, 3.8) is 0 Å². The van der Waals surface area contributed by atoms with Gasteiger partial charge < -0.3 is 14.3 Å². The fourth-order valence-corrected chi connectivity index (χ4v) is 1.87. The van der Waals surface area contributed by atoms with E-state index in [1.807, 2.05) is 18.2 Å². The lowest BCUT2D eigenvalue weighted by Crippen LogP contribution is -2.21. The van der Waals surface area contributed by atoms with Gasteiger partial charge in [0.1, 0.15) is 5.92 Å². The van der Waals surface area contributed by atoms with Crippen LogP contribution in [-0.4, -0.2) is 18.2 Å². The van der Waals surface area contributed by atoms with Crippen molar-refractivity contribution < 1.29 is 19.1 Å². The first-order valence-corrected chi connectivity index (χ1v) is 5.57. The van der Waals surface area contributed by atoms with Crippen LogP contribution in [0.3, 0.4) is 0 Å². The first-order valence-electron chi connectivity index (χ1n) is 5.57. The standard InChI is InChI=1S/C14H14O4/c1-17-14(16)12(10-5-3-2-4-6-10)13(15)11-7-8-18-9-11/h2-9,12-13,15H,1H3/t12-,13-/m0/s1. The van der Waals surface area contributed by atoms with Gasteiger partial charge in [-0.25, -0.2) is 0 Å². The van der Waals surface area contributed by atoms with Crippen molar-refractivity contribution in [2.45, 2.75) is 12.0 Å². The Morgan fingerprint density at radius 1 is 1.22 bits per heavy atom. The molecule has 0 bridgehead atoms. The molecule has 2 atom stereocenters. The number of carbonyl (C=O) groups excluding carboxylic acids is 1. The van der Waals surface area contributed by atoms with E-state index < -0.39 is 18.0 Å². The first-order chi connectivity index (χ1) is 8.74. The summed E-state index contributed by atoms with van der Waals surface area (Å²) in [4.78, 5) is 11.8. The Hall–Kier alpha value is -2.07. The predicted molar refractivity (Wildman–Crippen MR) is 64.9 cm³/mol. The molecular weight excluding hydrogens is 232 g/mol. The molecule has 0 amide bonds. The van der Waals surface area contributed by atoms with Crippen LogP contribution < -0.4 is 0 Å². The van der Waals surface area contributed by atoms with E-state index in [0.29, 0.717) is 11.1 Å². The predicted octanol–water partition coefficient (Wildman–Crippen LogP) is 2.27. The second-order valence-corrected chi connectivity index (χ2v) is 3.91. The van der Waals surface area contributed by atoms with Crippen LogP contribution in [0.1, 0.15) is 23.1 Å². The molecule has 0 aliphatic rings. The number of hydrogen-bond donors (Lipinski definition) is 1. The Kier molecular flexibility index (Phi) is 3.79. The highest BCUT2D eigenvalue weighted by Crippen LogP contribution is 2.32. The summed E-state index contributed by atoms with van der Waals surface area (Å²) in [5, 5.41) is 10.3. The molecule has 1 aromatic heterocycles. The van der Waals surface area contributed by atoms with Crippen LogP contribution in [0.25, 0.3) is 0 Å². The molecule has 2 rings (SSSR count). The number of furan rings is 1. The van der Waals surface area contributed by atoms with Crippen molar-refractivity contribution in [1.82, 2.24) is 0 Å². The fourth-order valence-electron chi connectivity index (χ4n) is 1.87. The van der Waals surface area contributed by atoms with Crippen molar-refractivity contribution in [2.75, 3.05) is 7.11 Å². The second kappa shape index (κ2) is 5.51. The van der Waals surface area contributed by atoms with Crippen LogP contribution in [0.4, 0.5) is 0 Å². The van der Waals surface area contributed by atoms with Gasteiger partial charge in [0, 0.05) is 5.56 Å². The zero-order chi connectivity index (χ0) is 13.0. The number of aliphatic hydroxyl groups excluding tert-OH is 1. The third-order valence-corrected chi connectivity index (χ3v) is 2.81. The Morgan fingerprint density at radius 2 is 1.94 bits per heavy atom. The Bertz CT molecular complexity index is 490. The Morgan fingerprint density at radius 3 is 2.50 bits per heavy atom. The molecule has 0 unspecified atom stereocenters. The van der Waals surface area contributed by atoms with Crippen LogP contribution in [0, 0.1) is 0 Å². The summed E-state index contributed by atoms with van der Waals surface area (Å²) in [5.74, 6) is -1.23. The minimum atomic E-state index is -0.987. The molecule has 0 saturated carbocycles. The SMILES string of the molecule is COC(=O)[C@@H](c1ccccc1)[C@@H](O)c1ccoc1. The number of carbonyl (C=O) groups is 1. The summed E-state index contributed by atoms with van der Waals surface area (Å²) >= 11 is 0. The summed E-state index contributed by atoms with van der Waals surface area (Å²) in [6, 6.07) is 10.7. The van der Waals surface area contributed by atoms with Crippen molar-refractivity contribution in [2.24, 2.45) is 0 Å². The van der Waals surface area contributed by atoms with E-state index in [4.69, 9.17) is 9.15 Å². The normalized spacial score (nSPS) is 13.9. The molecule has 0 radical (unpaired) electrons. The Labute approximate surface area is 105 Å². The van der Waals surface area contributed by atoms with E-state index in [2.05, 4.69) is 0 Å². The summed E-state index contributed by atoms with van der Waals surface area (Å²) in [6.45, 7) is 0. The largest absolute Gasteiger partial charge is 0.472 e. The molecule has 1 N–H and O–H groups in total.